The number of ether oxygens (including phenoxy) is 1. The second kappa shape index (κ2) is 5.56. The molecule has 0 unspecified atom stereocenters. The van der Waals surface area contributed by atoms with Gasteiger partial charge in [-0.3, -0.25) is 0 Å². The second-order valence-corrected chi connectivity index (χ2v) is 3.63. The van der Waals surface area contributed by atoms with Crippen LogP contribution in [0.4, 0.5) is 0 Å². The summed E-state index contributed by atoms with van der Waals surface area (Å²) in [4.78, 5) is 4.22. The quantitative estimate of drug-likeness (QED) is 0.591. The number of aromatic nitrogens is 1. The highest BCUT2D eigenvalue weighted by atomic mass is 35.5. The molecule has 4 heteroatoms. The molecule has 0 bridgehead atoms. The lowest BCUT2D eigenvalue weighted by molar-refractivity contribution is 0.305. The molecule has 16 heavy (non-hydrogen) atoms. The molecule has 2 aromatic rings. The molecule has 1 aromatic heterocycles. The molecule has 0 N–H and O–H groups in total. The van der Waals surface area contributed by atoms with Gasteiger partial charge >= 0.3 is 0 Å². The van der Waals surface area contributed by atoms with Crippen molar-refractivity contribution < 1.29 is 9.15 Å². The molecule has 0 aliphatic carbocycles. The first-order valence-electron chi connectivity index (χ1n) is 5.10. The zero-order chi connectivity index (χ0) is 11.2. The average Bonchev–Trinajstić information content (AvgIpc) is 2.79. The summed E-state index contributed by atoms with van der Waals surface area (Å²) in [5, 5.41) is 0. The van der Waals surface area contributed by atoms with Crippen molar-refractivity contribution in [2.24, 2.45) is 0 Å². The van der Waals surface area contributed by atoms with Crippen molar-refractivity contribution in [2.75, 3.05) is 12.5 Å². The van der Waals surface area contributed by atoms with E-state index < -0.39 is 0 Å². The van der Waals surface area contributed by atoms with Crippen molar-refractivity contribution >= 4 is 11.6 Å². The smallest absolute Gasteiger partial charge is 0.253 e. The van der Waals surface area contributed by atoms with Crippen LogP contribution in [0.2, 0.25) is 0 Å². The lowest BCUT2D eigenvalue weighted by Crippen LogP contribution is -1.97. The van der Waals surface area contributed by atoms with Crippen LogP contribution in [0.1, 0.15) is 6.42 Å². The summed E-state index contributed by atoms with van der Waals surface area (Å²) >= 11 is 5.55. The molecule has 0 atom stereocenters. The van der Waals surface area contributed by atoms with Crippen LogP contribution in [-0.4, -0.2) is 17.5 Å². The average molecular weight is 238 g/mol. The van der Waals surface area contributed by atoms with Gasteiger partial charge in [-0.05, 0) is 18.6 Å². The minimum atomic E-state index is 0.504. The third-order valence-electron chi connectivity index (χ3n) is 2.03. The highest BCUT2D eigenvalue weighted by Gasteiger charge is 2.06. The van der Waals surface area contributed by atoms with Gasteiger partial charge in [0.2, 0.25) is 5.89 Å². The first-order valence-corrected chi connectivity index (χ1v) is 5.63. The molecule has 0 aliphatic rings. The Hall–Kier alpha value is -1.48. The maximum absolute atomic E-state index is 5.55. The number of rotatable bonds is 5. The fraction of sp³-hybridized carbons (Fsp3) is 0.250. The molecular weight excluding hydrogens is 226 g/mol. The Bertz CT molecular complexity index is 428. The topological polar surface area (TPSA) is 35.3 Å². The molecular formula is C12H12ClNO2. The van der Waals surface area contributed by atoms with E-state index in [1.165, 1.54) is 6.26 Å². The van der Waals surface area contributed by atoms with Crippen LogP contribution in [0.3, 0.4) is 0 Å². The molecule has 84 valence electrons. The number of benzene rings is 1. The number of halogens is 1. The first-order chi connectivity index (χ1) is 7.90. The normalized spacial score (nSPS) is 10.3. The lowest BCUT2D eigenvalue weighted by atomic mass is 10.2. The van der Waals surface area contributed by atoms with Crippen molar-refractivity contribution in [1.82, 2.24) is 4.98 Å². The zero-order valence-electron chi connectivity index (χ0n) is 8.73. The van der Waals surface area contributed by atoms with E-state index in [9.17, 15) is 0 Å². The molecule has 3 nitrogen and oxygen atoms in total. The molecule has 0 spiro atoms. The Morgan fingerprint density at radius 2 is 2.06 bits per heavy atom. The number of oxazole rings is 1. The maximum atomic E-state index is 5.55. The van der Waals surface area contributed by atoms with Crippen molar-refractivity contribution in [2.45, 2.75) is 6.42 Å². The standard InChI is InChI=1S/C12H12ClNO2/c13-7-4-8-15-11-9-16-12(14-11)10-5-2-1-3-6-10/h1-3,5-6,9H,4,7-8H2. The van der Waals surface area contributed by atoms with Gasteiger partial charge in [-0.15, -0.1) is 11.6 Å². The fourth-order valence-electron chi connectivity index (χ4n) is 1.27. The summed E-state index contributed by atoms with van der Waals surface area (Å²) in [6.45, 7) is 0.560. The molecule has 0 aliphatic heterocycles. The molecule has 1 heterocycles. The van der Waals surface area contributed by atoms with Crippen LogP contribution in [-0.2, 0) is 0 Å². The van der Waals surface area contributed by atoms with E-state index in [-0.39, 0.29) is 0 Å². The van der Waals surface area contributed by atoms with E-state index in [0.717, 1.165) is 12.0 Å². The molecule has 0 fully saturated rings. The number of hydrogen-bond acceptors (Lipinski definition) is 3. The van der Waals surface area contributed by atoms with E-state index in [0.29, 0.717) is 24.3 Å². The molecule has 0 radical (unpaired) electrons. The minimum Gasteiger partial charge on any atom is -0.475 e. The summed E-state index contributed by atoms with van der Waals surface area (Å²) in [5.41, 5.74) is 0.940. The van der Waals surface area contributed by atoms with Crippen LogP contribution in [0.5, 0.6) is 5.88 Å². The highest BCUT2D eigenvalue weighted by Crippen LogP contribution is 2.21. The summed E-state index contributed by atoms with van der Waals surface area (Å²) in [7, 11) is 0. The number of hydrogen-bond donors (Lipinski definition) is 0. The van der Waals surface area contributed by atoms with Gasteiger partial charge in [0, 0.05) is 11.4 Å². The number of nitrogens with zero attached hydrogens (tertiary/aromatic N) is 1. The van der Waals surface area contributed by atoms with Crippen LogP contribution in [0.15, 0.2) is 41.0 Å². The summed E-state index contributed by atoms with van der Waals surface area (Å²) in [6, 6.07) is 9.70. The van der Waals surface area contributed by atoms with Gasteiger partial charge in [0.25, 0.3) is 5.88 Å². The van der Waals surface area contributed by atoms with Crippen molar-refractivity contribution in [3.63, 3.8) is 0 Å². The van der Waals surface area contributed by atoms with Gasteiger partial charge < -0.3 is 9.15 Å². The van der Waals surface area contributed by atoms with E-state index in [2.05, 4.69) is 4.98 Å². The summed E-state index contributed by atoms with van der Waals surface area (Å²) in [5.74, 6) is 1.66. The van der Waals surface area contributed by atoms with Gasteiger partial charge in [0.15, 0.2) is 6.26 Å². The van der Waals surface area contributed by atoms with Crippen molar-refractivity contribution in [1.29, 1.82) is 0 Å². The fourth-order valence-corrected chi connectivity index (χ4v) is 1.38. The van der Waals surface area contributed by atoms with Gasteiger partial charge in [0.1, 0.15) is 0 Å². The molecule has 0 saturated carbocycles. The van der Waals surface area contributed by atoms with Crippen LogP contribution < -0.4 is 4.74 Å². The van der Waals surface area contributed by atoms with Gasteiger partial charge in [-0.25, -0.2) is 0 Å². The van der Waals surface area contributed by atoms with Crippen LogP contribution in [0.25, 0.3) is 11.5 Å². The molecule has 0 saturated heterocycles. The summed E-state index contributed by atoms with van der Waals surface area (Å²) < 4.78 is 10.7. The largest absolute Gasteiger partial charge is 0.475 e. The molecule has 0 amide bonds. The Labute approximate surface area is 99.0 Å². The Kier molecular flexibility index (Phi) is 3.83. The predicted molar refractivity (Wildman–Crippen MR) is 62.8 cm³/mol. The number of alkyl halides is 1. The third-order valence-corrected chi connectivity index (χ3v) is 2.30. The second-order valence-electron chi connectivity index (χ2n) is 3.25. The zero-order valence-corrected chi connectivity index (χ0v) is 9.48. The third kappa shape index (κ3) is 2.76. The van der Waals surface area contributed by atoms with E-state index >= 15 is 0 Å². The van der Waals surface area contributed by atoms with E-state index in [1.807, 2.05) is 30.3 Å². The monoisotopic (exact) mass is 237 g/mol. The van der Waals surface area contributed by atoms with E-state index in [1.54, 1.807) is 0 Å². The van der Waals surface area contributed by atoms with Crippen molar-refractivity contribution in [3.8, 4) is 17.3 Å². The highest BCUT2D eigenvalue weighted by molar-refractivity contribution is 6.17. The van der Waals surface area contributed by atoms with Crippen molar-refractivity contribution in [3.05, 3.63) is 36.6 Å². The minimum absolute atomic E-state index is 0.504. The SMILES string of the molecule is ClCCCOc1coc(-c2ccccc2)n1. The maximum Gasteiger partial charge on any atom is 0.253 e. The Morgan fingerprint density at radius 3 is 2.81 bits per heavy atom. The Morgan fingerprint density at radius 1 is 1.25 bits per heavy atom. The van der Waals surface area contributed by atoms with Gasteiger partial charge in [-0.2, -0.15) is 4.98 Å². The predicted octanol–water partition coefficient (Wildman–Crippen LogP) is 3.35. The Balaban J connectivity index is 2.02. The van der Waals surface area contributed by atoms with Crippen LogP contribution in [0, 0.1) is 0 Å². The summed E-state index contributed by atoms with van der Waals surface area (Å²) in [6.07, 6.45) is 2.31. The van der Waals surface area contributed by atoms with Gasteiger partial charge in [-0.1, -0.05) is 18.2 Å². The first kappa shape index (κ1) is 11.0. The van der Waals surface area contributed by atoms with Crippen LogP contribution >= 0.6 is 11.6 Å². The lowest BCUT2D eigenvalue weighted by Gasteiger charge is -1.97. The molecule has 2 rings (SSSR count). The molecule has 1 aromatic carbocycles. The van der Waals surface area contributed by atoms with E-state index in [4.69, 9.17) is 20.8 Å². The van der Waals surface area contributed by atoms with Gasteiger partial charge in [0.05, 0.1) is 6.61 Å².